The molecule has 5 heteroatoms. The third kappa shape index (κ3) is 5.09. The van der Waals surface area contributed by atoms with Gasteiger partial charge >= 0.3 is 5.97 Å². The molecule has 0 aliphatic carbocycles. The van der Waals surface area contributed by atoms with Crippen LogP contribution in [0, 0.1) is 0 Å². The minimum absolute atomic E-state index is 0.320. The first-order valence-electron chi connectivity index (χ1n) is 8.75. The first kappa shape index (κ1) is 19.5. The number of para-hydroxylation sites is 1. The van der Waals surface area contributed by atoms with E-state index in [1.807, 2.05) is 49.3 Å². The molecule has 2 aromatic rings. The number of rotatable bonds is 7. The summed E-state index contributed by atoms with van der Waals surface area (Å²) in [6.07, 6.45) is 0.976. The molecule has 1 amide bonds. The van der Waals surface area contributed by atoms with E-state index in [9.17, 15) is 9.59 Å². The monoisotopic (exact) mass is 354 g/mol. The smallest absolute Gasteiger partial charge is 0.338 e. The van der Waals surface area contributed by atoms with Crippen LogP contribution in [0.3, 0.4) is 0 Å². The Morgan fingerprint density at radius 2 is 1.85 bits per heavy atom. The van der Waals surface area contributed by atoms with Gasteiger partial charge in [0, 0.05) is 25.5 Å². The first-order chi connectivity index (χ1) is 12.4. The molecule has 138 valence electrons. The maximum Gasteiger partial charge on any atom is 0.338 e. The molecule has 1 atom stereocenters. The second kappa shape index (κ2) is 9.04. The van der Waals surface area contributed by atoms with Crippen molar-refractivity contribution < 1.29 is 14.3 Å². The summed E-state index contributed by atoms with van der Waals surface area (Å²) < 4.78 is 5.15. The van der Waals surface area contributed by atoms with E-state index in [1.54, 1.807) is 18.2 Å². The van der Waals surface area contributed by atoms with Crippen molar-refractivity contribution in [3.8, 4) is 0 Å². The topological polar surface area (TPSA) is 58.6 Å². The summed E-state index contributed by atoms with van der Waals surface area (Å²) in [5.74, 6) is -0.528. The van der Waals surface area contributed by atoms with Gasteiger partial charge < -0.3 is 15.0 Å². The Hall–Kier alpha value is -2.82. The molecule has 0 saturated carbocycles. The molecule has 0 unspecified atom stereocenters. The lowest BCUT2D eigenvalue weighted by Crippen LogP contribution is -2.22. The summed E-state index contributed by atoms with van der Waals surface area (Å²) in [5, 5.41) is 2.84. The Balaban J connectivity index is 1.97. The molecule has 0 aromatic heterocycles. The number of hydrogen-bond acceptors (Lipinski definition) is 4. The minimum Gasteiger partial charge on any atom is -0.452 e. The van der Waals surface area contributed by atoms with Crippen molar-refractivity contribution in [1.29, 1.82) is 0 Å². The van der Waals surface area contributed by atoms with Gasteiger partial charge in [-0.2, -0.15) is 0 Å². The summed E-state index contributed by atoms with van der Waals surface area (Å²) in [5.41, 5.74) is 3.15. The second-order valence-electron chi connectivity index (χ2n) is 6.47. The summed E-state index contributed by atoms with van der Waals surface area (Å²) in [6.45, 7) is 3.90. The molecule has 0 heterocycles. The Morgan fingerprint density at radius 3 is 2.54 bits per heavy atom. The Bertz CT molecular complexity index is 771. The van der Waals surface area contributed by atoms with Gasteiger partial charge in [0.1, 0.15) is 0 Å². The molecule has 0 aliphatic rings. The fourth-order valence-electron chi connectivity index (χ4n) is 2.57. The lowest BCUT2D eigenvalue weighted by molar-refractivity contribution is -0.119. The van der Waals surface area contributed by atoms with E-state index in [0.29, 0.717) is 11.5 Å². The van der Waals surface area contributed by atoms with E-state index in [-0.39, 0.29) is 12.5 Å². The van der Waals surface area contributed by atoms with Gasteiger partial charge in [0.15, 0.2) is 6.61 Å². The van der Waals surface area contributed by atoms with Crippen molar-refractivity contribution in [2.45, 2.75) is 26.2 Å². The van der Waals surface area contributed by atoms with Crippen LogP contribution >= 0.6 is 0 Å². The van der Waals surface area contributed by atoms with Gasteiger partial charge in [-0.05, 0) is 42.2 Å². The molecule has 0 bridgehead atoms. The highest BCUT2D eigenvalue weighted by atomic mass is 16.5. The fourth-order valence-corrected chi connectivity index (χ4v) is 2.57. The van der Waals surface area contributed by atoms with E-state index in [2.05, 4.69) is 19.2 Å². The molecule has 2 rings (SSSR count). The van der Waals surface area contributed by atoms with Gasteiger partial charge in [-0.25, -0.2) is 4.79 Å². The maximum absolute atomic E-state index is 12.2. The van der Waals surface area contributed by atoms with Gasteiger partial charge in [0.05, 0.1) is 5.56 Å². The molecule has 26 heavy (non-hydrogen) atoms. The summed E-state index contributed by atoms with van der Waals surface area (Å²) in [4.78, 5) is 26.3. The number of nitrogens with zero attached hydrogens (tertiary/aromatic N) is 1. The van der Waals surface area contributed by atoms with Crippen molar-refractivity contribution in [3.05, 3.63) is 59.7 Å². The zero-order valence-corrected chi connectivity index (χ0v) is 15.8. The van der Waals surface area contributed by atoms with Crippen molar-refractivity contribution in [2.24, 2.45) is 0 Å². The molecule has 0 aliphatic heterocycles. The molecule has 0 spiro atoms. The average Bonchev–Trinajstić information content (AvgIpc) is 2.66. The van der Waals surface area contributed by atoms with Crippen molar-refractivity contribution in [3.63, 3.8) is 0 Å². The van der Waals surface area contributed by atoms with Crippen LogP contribution in [0.15, 0.2) is 48.5 Å². The summed E-state index contributed by atoms with van der Waals surface area (Å²) in [6, 6.07) is 14.8. The van der Waals surface area contributed by atoms with Gasteiger partial charge in [-0.1, -0.05) is 38.1 Å². The number of esters is 1. The SMILES string of the molecule is CC[C@@H](C)c1ccccc1NC(=O)COC(=O)c1cccc(N(C)C)c1. The number of carbonyl (C=O) groups excluding carboxylic acids is 2. The number of nitrogens with one attached hydrogen (secondary N) is 1. The van der Waals surface area contributed by atoms with Crippen molar-refractivity contribution >= 4 is 23.3 Å². The number of hydrogen-bond donors (Lipinski definition) is 1. The largest absolute Gasteiger partial charge is 0.452 e. The molecule has 0 radical (unpaired) electrons. The van der Waals surface area contributed by atoms with Gasteiger partial charge in [0.25, 0.3) is 5.91 Å². The predicted octanol–water partition coefficient (Wildman–Crippen LogP) is 4.06. The third-order valence-corrected chi connectivity index (χ3v) is 4.31. The van der Waals surface area contributed by atoms with Crippen LogP contribution in [0.2, 0.25) is 0 Å². The summed E-state index contributed by atoms with van der Waals surface area (Å²) >= 11 is 0. The van der Waals surface area contributed by atoms with Crippen LogP contribution in [-0.2, 0) is 9.53 Å². The van der Waals surface area contributed by atoms with E-state index < -0.39 is 5.97 Å². The molecule has 1 N–H and O–H groups in total. The lowest BCUT2D eigenvalue weighted by atomic mass is 9.97. The second-order valence-corrected chi connectivity index (χ2v) is 6.47. The molecule has 2 aromatic carbocycles. The minimum atomic E-state index is -0.515. The van der Waals surface area contributed by atoms with Crippen LogP contribution in [0.1, 0.15) is 42.1 Å². The maximum atomic E-state index is 12.2. The highest BCUT2D eigenvalue weighted by Crippen LogP contribution is 2.26. The quantitative estimate of drug-likeness (QED) is 0.762. The van der Waals surface area contributed by atoms with E-state index >= 15 is 0 Å². The third-order valence-electron chi connectivity index (χ3n) is 4.31. The molecule has 5 nitrogen and oxygen atoms in total. The van der Waals surface area contributed by atoms with Crippen LogP contribution < -0.4 is 10.2 Å². The zero-order valence-electron chi connectivity index (χ0n) is 15.8. The van der Waals surface area contributed by atoms with E-state index in [4.69, 9.17) is 4.74 Å². The van der Waals surface area contributed by atoms with Crippen LogP contribution in [0.4, 0.5) is 11.4 Å². The van der Waals surface area contributed by atoms with Crippen LogP contribution in [0.25, 0.3) is 0 Å². The molecular weight excluding hydrogens is 328 g/mol. The fraction of sp³-hybridized carbons (Fsp3) is 0.333. The van der Waals surface area contributed by atoms with E-state index in [0.717, 1.165) is 23.4 Å². The average molecular weight is 354 g/mol. The van der Waals surface area contributed by atoms with Crippen LogP contribution in [0.5, 0.6) is 0 Å². The zero-order chi connectivity index (χ0) is 19.1. The van der Waals surface area contributed by atoms with Gasteiger partial charge in [-0.3, -0.25) is 4.79 Å². The van der Waals surface area contributed by atoms with Crippen molar-refractivity contribution in [1.82, 2.24) is 0 Å². The molecule has 0 fully saturated rings. The van der Waals surface area contributed by atoms with Crippen LogP contribution in [-0.4, -0.2) is 32.6 Å². The Labute approximate surface area is 155 Å². The molecule has 0 saturated heterocycles. The van der Waals surface area contributed by atoms with Gasteiger partial charge in [0.2, 0.25) is 0 Å². The standard InChI is InChI=1S/C21H26N2O3/c1-5-15(2)18-11-6-7-12-19(18)22-20(24)14-26-21(25)16-9-8-10-17(13-16)23(3)4/h6-13,15H,5,14H2,1-4H3,(H,22,24)/t15-/m1/s1. The summed E-state index contributed by atoms with van der Waals surface area (Å²) in [7, 11) is 3.79. The number of ether oxygens (including phenoxy) is 1. The van der Waals surface area contributed by atoms with E-state index in [1.165, 1.54) is 0 Å². The predicted molar refractivity (Wildman–Crippen MR) is 105 cm³/mol. The Kier molecular flexibility index (Phi) is 6.78. The molecular formula is C21H26N2O3. The number of carbonyl (C=O) groups is 2. The van der Waals surface area contributed by atoms with Crippen molar-refractivity contribution in [2.75, 3.05) is 30.9 Å². The lowest BCUT2D eigenvalue weighted by Gasteiger charge is -2.16. The number of benzene rings is 2. The number of anilines is 2. The first-order valence-corrected chi connectivity index (χ1v) is 8.75. The highest BCUT2D eigenvalue weighted by Gasteiger charge is 2.14. The Morgan fingerprint density at radius 1 is 1.12 bits per heavy atom. The van der Waals surface area contributed by atoms with Gasteiger partial charge in [-0.15, -0.1) is 0 Å². The number of amides is 1. The highest BCUT2D eigenvalue weighted by molar-refractivity contribution is 5.96. The normalized spacial score (nSPS) is 11.5.